The summed E-state index contributed by atoms with van der Waals surface area (Å²) in [5.74, 6) is -0.458. The van der Waals surface area contributed by atoms with E-state index in [0.29, 0.717) is 23.5 Å². The first-order chi connectivity index (χ1) is 11.3. The minimum atomic E-state index is -0.716. The van der Waals surface area contributed by atoms with Crippen LogP contribution in [0.15, 0.2) is 17.7 Å². The average Bonchev–Trinajstić information content (AvgIpc) is 2.52. The molecule has 24 heavy (non-hydrogen) atoms. The summed E-state index contributed by atoms with van der Waals surface area (Å²) in [6, 6.07) is 1.90. The number of aromatic hydroxyl groups is 2. The van der Waals surface area contributed by atoms with E-state index in [1.54, 1.807) is 6.92 Å². The summed E-state index contributed by atoms with van der Waals surface area (Å²) in [6.45, 7) is 7.85. The Morgan fingerprint density at radius 2 is 1.96 bits per heavy atom. The number of aliphatic hydroxyl groups is 2. The third kappa shape index (κ3) is 3.60. The lowest BCUT2D eigenvalue weighted by atomic mass is 9.69. The second kappa shape index (κ2) is 7.58. The normalized spacial score (nSPS) is 24.3. The van der Waals surface area contributed by atoms with Crippen LogP contribution in [0.3, 0.4) is 0 Å². The number of rotatable bonds is 5. The molecule has 0 amide bonds. The van der Waals surface area contributed by atoms with Gasteiger partial charge in [0, 0.05) is 11.5 Å². The molecule has 4 heteroatoms. The first-order valence-corrected chi connectivity index (χ1v) is 8.75. The number of phenolic OH excluding ortho intramolecular Hbond substituents is 2. The highest BCUT2D eigenvalue weighted by Gasteiger charge is 2.38. The minimum absolute atomic E-state index is 0.105. The molecule has 4 atom stereocenters. The van der Waals surface area contributed by atoms with E-state index in [-0.39, 0.29) is 24.0 Å². The van der Waals surface area contributed by atoms with Crippen molar-refractivity contribution in [3.05, 3.63) is 34.4 Å². The van der Waals surface area contributed by atoms with E-state index in [4.69, 9.17) is 0 Å². The second-order valence-corrected chi connectivity index (χ2v) is 7.43. The maximum atomic E-state index is 10.5. The van der Waals surface area contributed by atoms with Crippen LogP contribution in [-0.2, 0) is 0 Å². The van der Waals surface area contributed by atoms with Crippen molar-refractivity contribution in [3.8, 4) is 11.5 Å². The lowest BCUT2D eigenvalue weighted by Crippen LogP contribution is -2.32. The summed E-state index contributed by atoms with van der Waals surface area (Å²) in [6.07, 6.45) is 4.04. The van der Waals surface area contributed by atoms with E-state index < -0.39 is 12.0 Å². The van der Waals surface area contributed by atoms with Crippen molar-refractivity contribution in [2.24, 2.45) is 5.92 Å². The molecule has 0 radical (unpaired) electrons. The van der Waals surface area contributed by atoms with E-state index in [2.05, 4.69) is 26.8 Å². The molecule has 1 aromatic carbocycles. The Balaban J connectivity index is 2.41. The Bertz CT molecular complexity index is 617. The molecule has 2 rings (SSSR count). The van der Waals surface area contributed by atoms with Crippen molar-refractivity contribution in [3.63, 3.8) is 0 Å². The molecule has 0 saturated heterocycles. The zero-order chi connectivity index (χ0) is 18.0. The first kappa shape index (κ1) is 18.8. The van der Waals surface area contributed by atoms with E-state index >= 15 is 0 Å². The number of hydrogen-bond donors (Lipinski definition) is 4. The summed E-state index contributed by atoms with van der Waals surface area (Å²) < 4.78 is 0. The fourth-order valence-electron chi connectivity index (χ4n) is 3.86. The van der Waals surface area contributed by atoms with Crippen molar-refractivity contribution in [2.75, 3.05) is 6.61 Å². The van der Waals surface area contributed by atoms with Gasteiger partial charge in [0.05, 0.1) is 12.7 Å². The van der Waals surface area contributed by atoms with Gasteiger partial charge in [-0.3, -0.25) is 0 Å². The van der Waals surface area contributed by atoms with Crippen molar-refractivity contribution >= 4 is 0 Å². The number of hydrogen-bond acceptors (Lipinski definition) is 4. The number of aliphatic hydroxyl groups excluding tert-OH is 2. The zero-order valence-electron chi connectivity index (χ0n) is 15.1. The Hall–Kier alpha value is -1.52. The van der Waals surface area contributed by atoms with Crippen molar-refractivity contribution < 1.29 is 20.4 Å². The zero-order valence-corrected chi connectivity index (χ0v) is 15.1. The second-order valence-electron chi connectivity index (χ2n) is 7.43. The molecule has 4 N–H and O–H groups in total. The summed E-state index contributed by atoms with van der Waals surface area (Å²) in [4.78, 5) is 0. The van der Waals surface area contributed by atoms with Crippen LogP contribution in [0.1, 0.15) is 68.6 Å². The van der Waals surface area contributed by atoms with E-state index in [9.17, 15) is 20.4 Å². The molecular weight excluding hydrogens is 304 g/mol. The molecule has 0 fully saturated rings. The van der Waals surface area contributed by atoms with Gasteiger partial charge in [-0.05, 0) is 63.0 Å². The molecular formula is C20H30O4. The number of allylic oxidation sites excluding steroid dienone is 2. The molecule has 0 bridgehead atoms. The molecule has 0 unspecified atom stereocenters. The van der Waals surface area contributed by atoms with Crippen LogP contribution in [0, 0.1) is 12.8 Å². The highest BCUT2D eigenvalue weighted by molar-refractivity contribution is 5.57. The largest absolute Gasteiger partial charge is 0.504 e. The quantitative estimate of drug-likeness (QED) is 0.489. The fourth-order valence-corrected chi connectivity index (χ4v) is 3.86. The lowest BCUT2D eigenvalue weighted by Gasteiger charge is -2.38. The summed E-state index contributed by atoms with van der Waals surface area (Å²) in [5, 5.41) is 40.6. The molecule has 1 aliphatic rings. The van der Waals surface area contributed by atoms with Gasteiger partial charge >= 0.3 is 0 Å². The van der Waals surface area contributed by atoms with Gasteiger partial charge in [0.25, 0.3) is 0 Å². The van der Waals surface area contributed by atoms with Gasteiger partial charge < -0.3 is 20.4 Å². The maximum absolute atomic E-state index is 10.5. The Morgan fingerprint density at radius 3 is 2.54 bits per heavy atom. The molecule has 0 aliphatic heterocycles. The number of fused-ring (bicyclic) bond motifs is 1. The molecule has 0 saturated carbocycles. The van der Waals surface area contributed by atoms with Crippen LogP contribution in [0.25, 0.3) is 0 Å². The molecule has 0 spiro atoms. The van der Waals surface area contributed by atoms with Crippen molar-refractivity contribution in [1.29, 1.82) is 0 Å². The predicted molar refractivity (Wildman–Crippen MR) is 95.5 cm³/mol. The van der Waals surface area contributed by atoms with E-state index in [1.165, 1.54) is 5.57 Å². The Morgan fingerprint density at radius 1 is 1.29 bits per heavy atom. The van der Waals surface area contributed by atoms with Crippen LogP contribution in [0.4, 0.5) is 0 Å². The molecule has 0 aromatic heterocycles. The average molecular weight is 334 g/mol. The summed E-state index contributed by atoms with van der Waals surface area (Å²) in [7, 11) is 0. The molecule has 4 nitrogen and oxygen atoms in total. The van der Waals surface area contributed by atoms with Crippen LogP contribution < -0.4 is 0 Å². The van der Waals surface area contributed by atoms with Crippen molar-refractivity contribution in [1.82, 2.24) is 0 Å². The summed E-state index contributed by atoms with van der Waals surface area (Å²) >= 11 is 0. The van der Waals surface area contributed by atoms with Crippen LogP contribution in [0.2, 0.25) is 0 Å². The SMILES string of the molecule is CC(C)=CCC[C@H](C)[C@@H]1C[C@@H](O)[C@@H](CO)c2c1cc(C)c(O)c2O. The number of benzene rings is 1. The molecule has 134 valence electrons. The van der Waals surface area contributed by atoms with E-state index in [1.807, 2.05) is 6.07 Å². The Labute approximate surface area is 144 Å². The van der Waals surface area contributed by atoms with Crippen LogP contribution in [0.5, 0.6) is 11.5 Å². The first-order valence-electron chi connectivity index (χ1n) is 8.75. The van der Waals surface area contributed by atoms with E-state index in [0.717, 1.165) is 18.4 Å². The third-order valence-corrected chi connectivity index (χ3v) is 5.32. The van der Waals surface area contributed by atoms with Crippen molar-refractivity contribution in [2.45, 2.75) is 64.9 Å². The molecule has 1 aliphatic carbocycles. The lowest BCUT2D eigenvalue weighted by molar-refractivity contribution is 0.0744. The van der Waals surface area contributed by atoms with Gasteiger partial charge in [-0.1, -0.05) is 24.6 Å². The highest BCUT2D eigenvalue weighted by atomic mass is 16.3. The molecule has 0 heterocycles. The van der Waals surface area contributed by atoms with Crippen LogP contribution in [-0.4, -0.2) is 33.1 Å². The summed E-state index contributed by atoms with van der Waals surface area (Å²) in [5.41, 5.74) is 3.39. The fraction of sp³-hybridized carbons (Fsp3) is 0.600. The Kier molecular flexibility index (Phi) is 5.94. The van der Waals surface area contributed by atoms with Gasteiger partial charge in [0.15, 0.2) is 11.5 Å². The van der Waals surface area contributed by atoms with Gasteiger partial charge in [-0.25, -0.2) is 0 Å². The maximum Gasteiger partial charge on any atom is 0.161 e. The van der Waals surface area contributed by atoms with Gasteiger partial charge in [-0.15, -0.1) is 0 Å². The van der Waals surface area contributed by atoms with Gasteiger partial charge in [0.2, 0.25) is 0 Å². The van der Waals surface area contributed by atoms with Gasteiger partial charge in [0.1, 0.15) is 0 Å². The monoisotopic (exact) mass is 334 g/mol. The highest BCUT2D eigenvalue weighted by Crippen LogP contribution is 2.50. The topological polar surface area (TPSA) is 80.9 Å². The van der Waals surface area contributed by atoms with Gasteiger partial charge in [-0.2, -0.15) is 0 Å². The minimum Gasteiger partial charge on any atom is -0.504 e. The number of aryl methyl sites for hydroxylation is 1. The molecule has 1 aromatic rings. The van der Waals surface area contributed by atoms with Crippen LogP contribution >= 0.6 is 0 Å². The number of phenols is 2. The smallest absolute Gasteiger partial charge is 0.161 e. The standard InChI is InChI=1S/C20H30O4/c1-11(2)6-5-7-12(3)14-9-17(22)16(10-21)18-15(14)8-13(4)19(23)20(18)24/h6,8,12,14,16-17,21-24H,5,7,9-10H2,1-4H3/t12-,14-,16+,17+/m0/s1. The third-order valence-electron chi connectivity index (χ3n) is 5.32. The predicted octanol–water partition coefficient (Wildman–Crippen LogP) is 3.71.